The Morgan fingerprint density at radius 1 is 1.22 bits per heavy atom. The molecule has 0 spiro atoms. The van der Waals surface area contributed by atoms with Crippen molar-refractivity contribution in [3.05, 3.63) is 73.2 Å². The number of halogens is 2. The van der Waals surface area contributed by atoms with Crippen molar-refractivity contribution in [3.8, 4) is 0 Å². The SMILES string of the molecule is CCN(CC(=O)NCc1ccc(Cl)cc1)C(=O)c1ccc(Br)c([N+](=O)[O-])c1. The van der Waals surface area contributed by atoms with E-state index in [2.05, 4.69) is 21.2 Å². The van der Waals surface area contributed by atoms with Crippen molar-refractivity contribution in [1.82, 2.24) is 10.2 Å². The summed E-state index contributed by atoms with van der Waals surface area (Å²) >= 11 is 8.90. The maximum absolute atomic E-state index is 12.6. The highest BCUT2D eigenvalue weighted by atomic mass is 79.9. The molecule has 0 aliphatic carbocycles. The Kier molecular flexibility index (Phi) is 7.32. The first kappa shape index (κ1) is 20.9. The molecule has 0 fully saturated rings. The second-order valence-corrected chi connectivity index (χ2v) is 6.94. The van der Waals surface area contributed by atoms with E-state index in [0.717, 1.165) is 5.56 Å². The van der Waals surface area contributed by atoms with Crippen molar-refractivity contribution in [1.29, 1.82) is 0 Å². The number of hydrogen-bond donors (Lipinski definition) is 1. The van der Waals surface area contributed by atoms with Crippen molar-refractivity contribution >= 4 is 45.0 Å². The number of nitro groups is 1. The Hall–Kier alpha value is -2.45. The fourth-order valence-electron chi connectivity index (χ4n) is 2.33. The van der Waals surface area contributed by atoms with Gasteiger partial charge in [-0.25, -0.2) is 0 Å². The van der Waals surface area contributed by atoms with E-state index < -0.39 is 10.8 Å². The molecule has 2 aromatic rings. The molecule has 0 heterocycles. The first-order chi connectivity index (χ1) is 12.8. The van der Waals surface area contributed by atoms with Gasteiger partial charge in [-0.1, -0.05) is 23.7 Å². The van der Waals surface area contributed by atoms with E-state index in [4.69, 9.17) is 11.6 Å². The minimum atomic E-state index is -0.573. The van der Waals surface area contributed by atoms with Crippen LogP contribution in [0, 0.1) is 10.1 Å². The highest BCUT2D eigenvalue weighted by Gasteiger charge is 2.21. The number of rotatable bonds is 7. The van der Waals surface area contributed by atoms with Crippen LogP contribution in [0.25, 0.3) is 0 Å². The lowest BCUT2D eigenvalue weighted by Crippen LogP contribution is -2.40. The zero-order valence-corrected chi connectivity index (χ0v) is 16.8. The van der Waals surface area contributed by atoms with Crippen LogP contribution in [-0.2, 0) is 11.3 Å². The van der Waals surface area contributed by atoms with Gasteiger partial charge in [-0.15, -0.1) is 0 Å². The molecule has 0 radical (unpaired) electrons. The van der Waals surface area contributed by atoms with E-state index in [1.54, 1.807) is 31.2 Å². The van der Waals surface area contributed by atoms with E-state index in [0.29, 0.717) is 11.6 Å². The average Bonchev–Trinajstić information content (AvgIpc) is 2.65. The van der Waals surface area contributed by atoms with Gasteiger partial charge >= 0.3 is 0 Å². The van der Waals surface area contributed by atoms with E-state index in [-0.39, 0.29) is 34.7 Å². The van der Waals surface area contributed by atoms with Crippen LogP contribution in [0.5, 0.6) is 0 Å². The largest absolute Gasteiger partial charge is 0.350 e. The van der Waals surface area contributed by atoms with Gasteiger partial charge in [-0.2, -0.15) is 0 Å². The third kappa shape index (κ3) is 5.77. The van der Waals surface area contributed by atoms with Crippen LogP contribution < -0.4 is 5.32 Å². The summed E-state index contributed by atoms with van der Waals surface area (Å²) in [6, 6.07) is 11.2. The zero-order chi connectivity index (χ0) is 20.0. The minimum Gasteiger partial charge on any atom is -0.350 e. The standard InChI is InChI=1S/C18H17BrClN3O4/c1-2-22(11-17(24)21-10-12-3-6-14(20)7-4-12)18(25)13-5-8-15(19)16(9-13)23(26)27/h3-9H,2,10-11H2,1H3,(H,21,24). The van der Waals surface area contributed by atoms with Crippen LogP contribution in [0.3, 0.4) is 0 Å². The second kappa shape index (κ2) is 9.48. The predicted octanol–water partition coefficient (Wildman–Crippen LogP) is 3.79. The molecule has 142 valence electrons. The summed E-state index contributed by atoms with van der Waals surface area (Å²) in [5.41, 5.74) is 0.826. The number of nitrogens with one attached hydrogen (secondary N) is 1. The van der Waals surface area contributed by atoms with E-state index >= 15 is 0 Å². The van der Waals surface area contributed by atoms with E-state index in [1.807, 2.05) is 0 Å². The van der Waals surface area contributed by atoms with Crippen LogP contribution in [0.1, 0.15) is 22.8 Å². The normalized spacial score (nSPS) is 10.3. The van der Waals surface area contributed by atoms with Crippen molar-refractivity contribution in [2.24, 2.45) is 0 Å². The average molecular weight is 455 g/mol. The van der Waals surface area contributed by atoms with Crippen LogP contribution in [0.4, 0.5) is 5.69 Å². The lowest BCUT2D eigenvalue weighted by atomic mass is 10.1. The summed E-state index contributed by atoms with van der Waals surface area (Å²) in [5.74, 6) is -0.776. The van der Waals surface area contributed by atoms with Gasteiger partial charge in [0.25, 0.3) is 11.6 Å². The predicted molar refractivity (Wildman–Crippen MR) is 106 cm³/mol. The molecule has 2 aromatic carbocycles. The highest BCUT2D eigenvalue weighted by molar-refractivity contribution is 9.10. The summed E-state index contributed by atoms with van der Waals surface area (Å²) in [6.45, 7) is 2.19. The Balaban J connectivity index is 2.02. The first-order valence-corrected chi connectivity index (χ1v) is 9.23. The molecule has 9 heteroatoms. The number of amides is 2. The van der Waals surface area contributed by atoms with Gasteiger partial charge in [0.15, 0.2) is 0 Å². The highest BCUT2D eigenvalue weighted by Crippen LogP contribution is 2.26. The van der Waals surface area contributed by atoms with Crippen molar-refractivity contribution in [2.45, 2.75) is 13.5 Å². The molecule has 0 aliphatic heterocycles. The number of nitrogens with zero attached hydrogens (tertiary/aromatic N) is 2. The van der Waals surface area contributed by atoms with Gasteiger partial charge in [-0.3, -0.25) is 19.7 Å². The van der Waals surface area contributed by atoms with Gasteiger partial charge in [-0.05, 0) is 52.7 Å². The molecule has 2 amide bonds. The summed E-state index contributed by atoms with van der Waals surface area (Å²) in [4.78, 5) is 36.6. The molecule has 7 nitrogen and oxygen atoms in total. The summed E-state index contributed by atoms with van der Waals surface area (Å²) in [6.07, 6.45) is 0. The molecule has 0 saturated heterocycles. The van der Waals surface area contributed by atoms with E-state index in [1.165, 1.54) is 23.1 Å². The molecule has 0 aliphatic rings. The topological polar surface area (TPSA) is 92.6 Å². The van der Waals surface area contributed by atoms with Gasteiger partial charge in [0.1, 0.15) is 0 Å². The van der Waals surface area contributed by atoms with E-state index in [9.17, 15) is 19.7 Å². The van der Waals surface area contributed by atoms with Gasteiger partial charge in [0, 0.05) is 29.7 Å². The van der Waals surface area contributed by atoms with Crippen molar-refractivity contribution in [3.63, 3.8) is 0 Å². The summed E-state index contributed by atoms with van der Waals surface area (Å²) in [5, 5.41) is 14.4. The number of benzene rings is 2. The Labute approximate surface area is 169 Å². The number of hydrogen-bond acceptors (Lipinski definition) is 4. The maximum atomic E-state index is 12.6. The molecular formula is C18H17BrClN3O4. The number of likely N-dealkylation sites (N-methyl/N-ethyl adjacent to an activating group) is 1. The van der Waals surface area contributed by atoms with Crippen LogP contribution in [-0.4, -0.2) is 34.7 Å². The molecule has 0 saturated carbocycles. The molecule has 2 rings (SSSR count). The Morgan fingerprint density at radius 3 is 2.48 bits per heavy atom. The lowest BCUT2D eigenvalue weighted by Gasteiger charge is -2.20. The van der Waals surface area contributed by atoms with Gasteiger partial charge < -0.3 is 10.2 Å². The fourth-order valence-corrected chi connectivity index (χ4v) is 2.84. The third-order valence-corrected chi connectivity index (χ3v) is 4.72. The van der Waals surface area contributed by atoms with Crippen molar-refractivity contribution in [2.75, 3.05) is 13.1 Å². The molecule has 27 heavy (non-hydrogen) atoms. The third-order valence-electron chi connectivity index (χ3n) is 3.80. The molecule has 0 unspecified atom stereocenters. The number of carbonyl (C=O) groups excluding carboxylic acids is 2. The smallest absolute Gasteiger partial charge is 0.284 e. The minimum absolute atomic E-state index is 0.146. The zero-order valence-electron chi connectivity index (χ0n) is 14.4. The quantitative estimate of drug-likeness (QED) is 0.509. The Morgan fingerprint density at radius 2 is 1.89 bits per heavy atom. The first-order valence-electron chi connectivity index (χ1n) is 8.06. The Bertz CT molecular complexity index is 858. The molecule has 0 bridgehead atoms. The van der Waals surface area contributed by atoms with Gasteiger partial charge in [0.05, 0.1) is 15.9 Å². The molecule has 0 atom stereocenters. The fraction of sp³-hybridized carbons (Fsp3) is 0.222. The van der Waals surface area contributed by atoms with Gasteiger partial charge in [0.2, 0.25) is 5.91 Å². The van der Waals surface area contributed by atoms with Crippen molar-refractivity contribution < 1.29 is 14.5 Å². The molecular weight excluding hydrogens is 438 g/mol. The number of carbonyl (C=O) groups is 2. The second-order valence-electron chi connectivity index (χ2n) is 5.65. The summed E-state index contributed by atoms with van der Waals surface area (Å²) < 4.78 is 0.285. The van der Waals surface area contributed by atoms with Crippen LogP contribution >= 0.6 is 27.5 Å². The van der Waals surface area contributed by atoms with Crippen LogP contribution in [0.2, 0.25) is 5.02 Å². The lowest BCUT2D eigenvalue weighted by molar-refractivity contribution is -0.385. The molecule has 1 N–H and O–H groups in total. The maximum Gasteiger partial charge on any atom is 0.284 e. The summed E-state index contributed by atoms with van der Waals surface area (Å²) in [7, 11) is 0. The van der Waals surface area contributed by atoms with Crippen LogP contribution in [0.15, 0.2) is 46.9 Å². The number of nitro benzene ring substituents is 1. The monoisotopic (exact) mass is 453 g/mol. The molecule has 0 aromatic heterocycles.